The van der Waals surface area contributed by atoms with Crippen LogP contribution in [0.1, 0.15) is 85.0 Å². The lowest BCUT2D eigenvalue weighted by atomic mass is 9.89. The van der Waals surface area contributed by atoms with E-state index >= 15 is 0 Å². The molecule has 0 aromatic carbocycles. The van der Waals surface area contributed by atoms with E-state index in [1.807, 2.05) is 0 Å². The Kier molecular flexibility index (Phi) is 6.18. The van der Waals surface area contributed by atoms with Crippen molar-refractivity contribution in [1.29, 1.82) is 0 Å². The Bertz CT molecular complexity index is 388. The minimum absolute atomic E-state index is 0.134. The number of nitrogens with one attached hydrogen (secondary N) is 2. The zero-order chi connectivity index (χ0) is 16.1. The molecule has 2 saturated carbocycles. The first kappa shape index (κ1) is 17.6. The van der Waals surface area contributed by atoms with E-state index in [2.05, 4.69) is 36.5 Å². The van der Waals surface area contributed by atoms with Crippen LogP contribution in [0.4, 0.5) is 0 Å². The Morgan fingerprint density at radius 1 is 1.00 bits per heavy atom. The molecule has 126 valence electrons. The second-order valence-electron chi connectivity index (χ2n) is 7.90. The summed E-state index contributed by atoms with van der Waals surface area (Å²) >= 11 is 5.57. The van der Waals surface area contributed by atoms with Gasteiger partial charge in [-0.3, -0.25) is 0 Å². The molecule has 2 N–H and O–H groups in total. The van der Waals surface area contributed by atoms with Crippen LogP contribution in [0.2, 0.25) is 0 Å². The molecule has 0 heterocycles. The first-order valence-corrected chi connectivity index (χ1v) is 9.32. The quantitative estimate of drug-likeness (QED) is 0.584. The largest absolute Gasteiger partial charge is 0.360 e. The van der Waals surface area contributed by atoms with Gasteiger partial charge in [0.25, 0.3) is 0 Å². The van der Waals surface area contributed by atoms with Crippen LogP contribution in [0.15, 0.2) is 10.2 Å². The van der Waals surface area contributed by atoms with E-state index in [9.17, 15) is 0 Å². The third-order valence-corrected chi connectivity index (χ3v) is 4.73. The van der Waals surface area contributed by atoms with Gasteiger partial charge in [-0.1, -0.05) is 25.7 Å². The number of nitrogens with zero attached hydrogens (tertiary/aromatic N) is 2. The van der Waals surface area contributed by atoms with Crippen LogP contribution in [0.3, 0.4) is 0 Å². The lowest BCUT2D eigenvalue weighted by Crippen LogP contribution is -2.54. The van der Waals surface area contributed by atoms with Gasteiger partial charge in [0.1, 0.15) is 0 Å². The van der Waals surface area contributed by atoms with Gasteiger partial charge in [-0.15, -0.1) is 0 Å². The number of rotatable bonds is 3. The summed E-state index contributed by atoms with van der Waals surface area (Å²) in [7, 11) is 0. The molecule has 0 radical (unpaired) electrons. The van der Waals surface area contributed by atoms with E-state index in [1.165, 1.54) is 51.4 Å². The Morgan fingerprint density at radius 3 is 2.18 bits per heavy atom. The van der Waals surface area contributed by atoms with Gasteiger partial charge < -0.3 is 10.6 Å². The van der Waals surface area contributed by atoms with Crippen LogP contribution in [0, 0.1) is 0 Å². The Balaban J connectivity index is 1.96. The molecule has 0 amide bonds. The Hall–Kier alpha value is -0.710. The highest BCUT2D eigenvalue weighted by Crippen LogP contribution is 2.31. The fourth-order valence-electron chi connectivity index (χ4n) is 3.31. The Labute approximate surface area is 140 Å². The van der Waals surface area contributed by atoms with E-state index in [0.29, 0.717) is 6.04 Å². The minimum atomic E-state index is -0.287. The van der Waals surface area contributed by atoms with E-state index < -0.39 is 0 Å². The minimum Gasteiger partial charge on any atom is -0.360 e. The molecule has 2 fully saturated rings. The van der Waals surface area contributed by atoms with Crippen LogP contribution in [0.5, 0.6) is 0 Å². The van der Waals surface area contributed by atoms with E-state index in [0.717, 1.165) is 18.0 Å². The third-order valence-electron chi connectivity index (χ3n) is 4.51. The fourth-order valence-corrected chi connectivity index (χ4v) is 3.67. The molecule has 0 spiro atoms. The van der Waals surface area contributed by atoms with Gasteiger partial charge in [-0.05, 0) is 71.5 Å². The first-order valence-electron chi connectivity index (χ1n) is 8.91. The number of hydrogen-bond donors (Lipinski definition) is 2. The third kappa shape index (κ3) is 5.82. The zero-order valence-corrected chi connectivity index (χ0v) is 15.3. The van der Waals surface area contributed by atoms with Crippen molar-refractivity contribution in [2.24, 2.45) is 10.2 Å². The molecule has 0 aromatic rings. The summed E-state index contributed by atoms with van der Waals surface area (Å²) in [4.78, 5) is 0. The second-order valence-corrected chi connectivity index (χ2v) is 8.30. The molecule has 22 heavy (non-hydrogen) atoms. The van der Waals surface area contributed by atoms with Gasteiger partial charge in [0.15, 0.2) is 10.8 Å². The average molecular weight is 325 g/mol. The molecule has 4 nitrogen and oxygen atoms in total. The second kappa shape index (κ2) is 7.71. The maximum Gasteiger partial charge on any atom is 0.168 e. The summed E-state index contributed by atoms with van der Waals surface area (Å²) in [6.45, 7) is 6.27. The smallest absolute Gasteiger partial charge is 0.168 e. The molecule has 0 atom stereocenters. The summed E-state index contributed by atoms with van der Waals surface area (Å²) in [5.74, 6) is 0. The van der Waals surface area contributed by atoms with Crippen molar-refractivity contribution in [3.63, 3.8) is 0 Å². The predicted octanol–water partition coefficient (Wildman–Crippen LogP) is 4.69. The first-order chi connectivity index (χ1) is 10.4. The standard InChI is InChI=1S/C17H32N4S/c1-16(2,3)20-21-17(12-8-5-9-13-17)19-15(22)18-14-10-6-4-7-11-14/h14H,4-13H2,1-3H3,(H2,18,19,22). The monoisotopic (exact) mass is 324 g/mol. The van der Waals surface area contributed by atoms with Crippen LogP contribution < -0.4 is 10.6 Å². The van der Waals surface area contributed by atoms with Crippen LogP contribution in [-0.4, -0.2) is 22.4 Å². The van der Waals surface area contributed by atoms with Crippen molar-refractivity contribution in [1.82, 2.24) is 10.6 Å². The van der Waals surface area contributed by atoms with Gasteiger partial charge in [0.2, 0.25) is 0 Å². The van der Waals surface area contributed by atoms with Gasteiger partial charge in [-0.25, -0.2) is 0 Å². The molecule has 2 rings (SSSR count). The fraction of sp³-hybridized carbons (Fsp3) is 0.941. The van der Waals surface area contributed by atoms with Crippen molar-refractivity contribution < 1.29 is 0 Å². The van der Waals surface area contributed by atoms with E-state index in [-0.39, 0.29) is 11.2 Å². The molecule has 0 saturated heterocycles. The zero-order valence-electron chi connectivity index (χ0n) is 14.5. The predicted molar refractivity (Wildman–Crippen MR) is 96.2 cm³/mol. The molecular formula is C17H32N4S. The van der Waals surface area contributed by atoms with Gasteiger partial charge in [0, 0.05) is 6.04 Å². The molecule has 2 aliphatic rings. The molecule has 0 bridgehead atoms. The summed E-state index contributed by atoms with van der Waals surface area (Å²) in [5, 5.41) is 17.0. The molecule has 0 aliphatic heterocycles. The number of hydrogen-bond acceptors (Lipinski definition) is 3. The molecule has 0 aromatic heterocycles. The highest BCUT2D eigenvalue weighted by molar-refractivity contribution is 7.80. The van der Waals surface area contributed by atoms with Gasteiger partial charge >= 0.3 is 0 Å². The average Bonchev–Trinajstić information content (AvgIpc) is 2.46. The van der Waals surface area contributed by atoms with Crippen LogP contribution in [-0.2, 0) is 0 Å². The normalized spacial score (nSPS) is 23.4. The van der Waals surface area contributed by atoms with Crippen LogP contribution in [0.25, 0.3) is 0 Å². The summed E-state index contributed by atoms with van der Waals surface area (Å²) in [6.07, 6.45) is 12.2. The van der Waals surface area contributed by atoms with Gasteiger partial charge in [0.05, 0.1) is 5.54 Å². The van der Waals surface area contributed by atoms with Crippen molar-refractivity contribution in [3.05, 3.63) is 0 Å². The number of thiocarbonyl (C=S) groups is 1. The lowest BCUT2D eigenvalue weighted by Gasteiger charge is -2.36. The van der Waals surface area contributed by atoms with E-state index in [1.54, 1.807) is 0 Å². The number of azo groups is 1. The lowest BCUT2D eigenvalue weighted by molar-refractivity contribution is 0.253. The van der Waals surface area contributed by atoms with Crippen molar-refractivity contribution >= 4 is 17.3 Å². The molecular weight excluding hydrogens is 292 g/mol. The van der Waals surface area contributed by atoms with Crippen molar-refractivity contribution in [2.45, 2.75) is 102 Å². The van der Waals surface area contributed by atoms with Gasteiger partial charge in [-0.2, -0.15) is 10.2 Å². The summed E-state index contributed by atoms with van der Waals surface area (Å²) in [6, 6.07) is 0.536. The van der Waals surface area contributed by atoms with Crippen molar-refractivity contribution in [3.8, 4) is 0 Å². The Morgan fingerprint density at radius 2 is 1.59 bits per heavy atom. The molecule has 0 unspecified atom stereocenters. The van der Waals surface area contributed by atoms with Crippen LogP contribution >= 0.6 is 12.2 Å². The topological polar surface area (TPSA) is 48.8 Å². The molecule has 5 heteroatoms. The maximum absolute atomic E-state index is 5.57. The maximum atomic E-state index is 5.57. The highest BCUT2D eigenvalue weighted by atomic mass is 32.1. The highest BCUT2D eigenvalue weighted by Gasteiger charge is 2.33. The van der Waals surface area contributed by atoms with Crippen molar-refractivity contribution in [2.75, 3.05) is 0 Å². The summed E-state index contributed by atoms with van der Waals surface area (Å²) in [5.41, 5.74) is -0.422. The molecule has 2 aliphatic carbocycles. The van der Waals surface area contributed by atoms with E-state index in [4.69, 9.17) is 17.3 Å². The summed E-state index contributed by atoms with van der Waals surface area (Å²) < 4.78 is 0. The SMILES string of the molecule is CC(C)(C)N=NC1(NC(=S)NC2CCCCC2)CCCCC1.